The summed E-state index contributed by atoms with van der Waals surface area (Å²) in [7, 11) is -3.71. The van der Waals surface area contributed by atoms with Gasteiger partial charge in [0.1, 0.15) is 10.8 Å². The van der Waals surface area contributed by atoms with Gasteiger partial charge in [-0.2, -0.15) is 0 Å². The van der Waals surface area contributed by atoms with Crippen molar-refractivity contribution in [1.82, 2.24) is 10.0 Å². The normalized spacial score (nSPS) is 28.4. The van der Waals surface area contributed by atoms with E-state index in [1.54, 1.807) is 24.3 Å². The zero-order chi connectivity index (χ0) is 17.5. The third-order valence-corrected chi connectivity index (χ3v) is 6.13. The smallest absolute Gasteiger partial charge is 0.329 e. The van der Waals surface area contributed by atoms with Crippen LogP contribution in [0.1, 0.15) is 35.6 Å². The summed E-state index contributed by atoms with van der Waals surface area (Å²) in [4.78, 5) is 34.2. The number of hydrogen-bond donors (Lipinski definition) is 3. The second-order valence-corrected chi connectivity index (χ2v) is 7.98. The van der Waals surface area contributed by atoms with Gasteiger partial charge in [-0.1, -0.05) is 24.3 Å². The topological polar surface area (TPSA) is 130 Å². The SMILES string of the molecule is O=C1CCC(Cc2ccc(C3CC(=O)NS3(=O)=O)cc2)(C(=O)O)N1. The Bertz CT molecular complexity index is 817. The van der Waals surface area contributed by atoms with E-state index in [1.807, 2.05) is 4.72 Å². The minimum atomic E-state index is -3.71. The fourth-order valence-corrected chi connectivity index (χ4v) is 4.56. The highest BCUT2D eigenvalue weighted by Gasteiger charge is 2.44. The molecular formula is C15H16N2O6S. The lowest BCUT2D eigenvalue weighted by Crippen LogP contribution is -2.50. The Hall–Kier alpha value is -2.42. The van der Waals surface area contributed by atoms with Gasteiger partial charge in [-0.3, -0.25) is 14.3 Å². The molecule has 0 saturated carbocycles. The standard InChI is InChI=1S/C15H16N2O6S/c18-12-5-6-15(16-12,14(20)21)8-9-1-3-10(4-2-9)11-7-13(19)17-24(11,22)23/h1-4,11H,5-8H2,(H,16,18)(H,17,19)(H,20,21). The van der Waals surface area contributed by atoms with E-state index in [-0.39, 0.29) is 31.6 Å². The molecule has 8 nitrogen and oxygen atoms in total. The molecule has 0 bridgehead atoms. The first-order chi connectivity index (χ1) is 11.2. The average Bonchev–Trinajstić information content (AvgIpc) is 3.00. The van der Waals surface area contributed by atoms with Crippen molar-refractivity contribution < 1.29 is 27.9 Å². The first-order valence-corrected chi connectivity index (χ1v) is 8.94. The molecule has 2 unspecified atom stereocenters. The molecule has 2 heterocycles. The van der Waals surface area contributed by atoms with E-state index < -0.39 is 32.7 Å². The highest BCUT2D eigenvalue weighted by atomic mass is 32.2. The number of benzene rings is 1. The molecule has 2 saturated heterocycles. The van der Waals surface area contributed by atoms with Gasteiger partial charge in [0.15, 0.2) is 0 Å². The van der Waals surface area contributed by atoms with Gasteiger partial charge in [-0.25, -0.2) is 13.2 Å². The molecule has 24 heavy (non-hydrogen) atoms. The number of carbonyl (C=O) groups is 3. The number of carboxylic acid groups (broad SMARTS) is 1. The van der Waals surface area contributed by atoms with Gasteiger partial charge in [0.2, 0.25) is 21.8 Å². The first kappa shape index (κ1) is 16.4. The number of aliphatic carboxylic acids is 1. The van der Waals surface area contributed by atoms with Crippen molar-refractivity contribution in [3.05, 3.63) is 35.4 Å². The summed E-state index contributed by atoms with van der Waals surface area (Å²) in [5.74, 6) is -1.93. The summed E-state index contributed by atoms with van der Waals surface area (Å²) in [6.45, 7) is 0. The Balaban J connectivity index is 1.81. The van der Waals surface area contributed by atoms with E-state index in [2.05, 4.69) is 5.32 Å². The monoisotopic (exact) mass is 352 g/mol. The second-order valence-electron chi connectivity index (χ2n) is 6.12. The van der Waals surface area contributed by atoms with Crippen LogP contribution in [0.2, 0.25) is 0 Å². The van der Waals surface area contributed by atoms with Crippen LogP contribution in [0.15, 0.2) is 24.3 Å². The summed E-state index contributed by atoms with van der Waals surface area (Å²) in [5, 5.41) is 11.0. The van der Waals surface area contributed by atoms with Crippen molar-refractivity contribution >= 4 is 27.8 Å². The molecule has 3 N–H and O–H groups in total. The lowest BCUT2D eigenvalue weighted by molar-refractivity contribution is -0.145. The number of hydrogen-bond acceptors (Lipinski definition) is 5. The molecule has 2 atom stereocenters. The molecule has 1 aromatic carbocycles. The number of carboxylic acids is 1. The lowest BCUT2D eigenvalue weighted by Gasteiger charge is -2.24. The molecule has 0 aromatic heterocycles. The van der Waals surface area contributed by atoms with Gasteiger partial charge in [0.25, 0.3) is 0 Å². The van der Waals surface area contributed by atoms with E-state index >= 15 is 0 Å². The molecule has 2 fully saturated rings. The van der Waals surface area contributed by atoms with Crippen molar-refractivity contribution in [3.8, 4) is 0 Å². The van der Waals surface area contributed by atoms with Gasteiger partial charge >= 0.3 is 5.97 Å². The number of rotatable bonds is 4. The van der Waals surface area contributed by atoms with E-state index in [9.17, 15) is 27.9 Å². The van der Waals surface area contributed by atoms with Gasteiger partial charge in [-0.15, -0.1) is 0 Å². The molecule has 2 aliphatic heterocycles. The fourth-order valence-electron chi connectivity index (χ4n) is 3.13. The van der Waals surface area contributed by atoms with Gasteiger partial charge in [0.05, 0.1) is 6.42 Å². The Morgan fingerprint density at radius 1 is 1.21 bits per heavy atom. The predicted octanol–water partition coefficient (Wildman–Crippen LogP) is -0.147. The minimum absolute atomic E-state index is 0.114. The Morgan fingerprint density at radius 3 is 2.33 bits per heavy atom. The highest BCUT2D eigenvalue weighted by molar-refractivity contribution is 7.90. The van der Waals surface area contributed by atoms with Crippen LogP contribution < -0.4 is 10.0 Å². The molecule has 2 aliphatic rings. The van der Waals surface area contributed by atoms with Crippen LogP contribution in [0.25, 0.3) is 0 Å². The van der Waals surface area contributed by atoms with E-state index in [1.165, 1.54) is 0 Å². The van der Waals surface area contributed by atoms with E-state index in [4.69, 9.17) is 0 Å². The van der Waals surface area contributed by atoms with Crippen LogP contribution in [0.3, 0.4) is 0 Å². The van der Waals surface area contributed by atoms with Crippen LogP contribution in [-0.4, -0.2) is 36.8 Å². The maximum absolute atomic E-state index is 11.9. The summed E-state index contributed by atoms with van der Waals surface area (Å²) >= 11 is 0. The van der Waals surface area contributed by atoms with Crippen molar-refractivity contribution in [3.63, 3.8) is 0 Å². The number of carbonyl (C=O) groups excluding carboxylic acids is 2. The van der Waals surface area contributed by atoms with Crippen LogP contribution in [0.4, 0.5) is 0 Å². The summed E-state index contributed by atoms with van der Waals surface area (Å²) in [6.07, 6.45) is 0.358. The maximum atomic E-state index is 11.9. The lowest BCUT2D eigenvalue weighted by atomic mass is 9.89. The van der Waals surface area contributed by atoms with Crippen molar-refractivity contribution in [2.75, 3.05) is 0 Å². The number of sulfonamides is 1. The maximum Gasteiger partial charge on any atom is 0.329 e. The van der Waals surface area contributed by atoms with Gasteiger partial charge in [0, 0.05) is 12.8 Å². The number of nitrogens with one attached hydrogen (secondary N) is 2. The van der Waals surface area contributed by atoms with Crippen LogP contribution in [-0.2, 0) is 30.8 Å². The Labute approximate surface area is 138 Å². The molecule has 3 rings (SSSR count). The average molecular weight is 352 g/mol. The zero-order valence-corrected chi connectivity index (χ0v) is 13.4. The van der Waals surface area contributed by atoms with Gasteiger partial charge < -0.3 is 10.4 Å². The zero-order valence-electron chi connectivity index (χ0n) is 12.6. The summed E-state index contributed by atoms with van der Waals surface area (Å²) < 4.78 is 25.7. The van der Waals surface area contributed by atoms with E-state index in [0.717, 1.165) is 0 Å². The molecule has 1 aromatic rings. The largest absolute Gasteiger partial charge is 0.479 e. The Morgan fingerprint density at radius 2 is 1.88 bits per heavy atom. The van der Waals surface area contributed by atoms with Crippen LogP contribution >= 0.6 is 0 Å². The second kappa shape index (κ2) is 5.59. The van der Waals surface area contributed by atoms with Crippen molar-refractivity contribution in [1.29, 1.82) is 0 Å². The molecule has 2 amide bonds. The molecule has 9 heteroatoms. The summed E-state index contributed by atoms with van der Waals surface area (Å²) in [5.41, 5.74) is -0.190. The molecule has 0 spiro atoms. The van der Waals surface area contributed by atoms with Crippen molar-refractivity contribution in [2.24, 2.45) is 0 Å². The minimum Gasteiger partial charge on any atom is -0.479 e. The van der Waals surface area contributed by atoms with Crippen LogP contribution in [0, 0.1) is 0 Å². The number of amides is 2. The predicted molar refractivity (Wildman–Crippen MR) is 82.3 cm³/mol. The van der Waals surface area contributed by atoms with Crippen molar-refractivity contribution in [2.45, 2.75) is 36.5 Å². The van der Waals surface area contributed by atoms with E-state index in [0.29, 0.717) is 11.1 Å². The molecular weight excluding hydrogens is 336 g/mol. The molecule has 0 radical (unpaired) electrons. The fraction of sp³-hybridized carbons (Fsp3) is 0.400. The molecule has 128 valence electrons. The third-order valence-electron chi connectivity index (χ3n) is 4.43. The first-order valence-electron chi connectivity index (χ1n) is 7.40. The van der Waals surface area contributed by atoms with Gasteiger partial charge in [-0.05, 0) is 17.5 Å². The quantitative estimate of drug-likeness (QED) is 0.691. The highest BCUT2D eigenvalue weighted by Crippen LogP contribution is 2.31. The Kier molecular flexibility index (Phi) is 3.83. The molecule has 0 aliphatic carbocycles. The third kappa shape index (κ3) is 2.86. The summed E-state index contributed by atoms with van der Waals surface area (Å²) in [6, 6.07) is 6.40. The van der Waals surface area contributed by atoms with Crippen LogP contribution in [0.5, 0.6) is 0 Å².